The highest BCUT2D eigenvalue weighted by atomic mass is 32.1. The highest BCUT2D eigenvalue weighted by Crippen LogP contribution is 2.45. The predicted molar refractivity (Wildman–Crippen MR) is 114 cm³/mol. The fraction of sp³-hybridized carbons (Fsp3) is 0.476. The normalized spacial score (nSPS) is 18.2. The first-order valence-corrected chi connectivity index (χ1v) is 11.1. The molecular formula is C21H25N5O2S. The number of ether oxygens (including phenoxy) is 1. The maximum Gasteiger partial charge on any atom is 0.261 e. The Bertz CT molecular complexity index is 1030. The van der Waals surface area contributed by atoms with Crippen molar-refractivity contribution in [2.24, 2.45) is 0 Å². The monoisotopic (exact) mass is 411 g/mol. The first-order valence-electron chi connectivity index (χ1n) is 10.3. The maximum absolute atomic E-state index is 12.5. The lowest BCUT2D eigenvalue weighted by Gasteiger charge is -2.44. The molecule has 3 aromatic heterocycles. The van der Waals surface area contributed by atoms with Crippen LogP contribution in [0.4, 0.5) is 5.69 Å². The number of amides is 1. The van der Waals surface area contributed by atoms with Crippen LogP contribution in [-0.2, 0) is 16.8 Å². The van der Waals surface area contributed by atoms with Crippen LogP contribution in [0.1, 0.15) is 46.3 Å². The molecule has 1 fully saturated rings. The number of aromatic nitrogens is 3. The van der Waals surface area contributed by atoms with Crippen LogP contribution >= 0.6 is 11.3 Å². The number of carbonyl (C=O) groups excluding carboxylic acids is 1. The minimum atomic E-state index is -0.271. The van der Waals surface area contributed by atoms with Crippen LogP contribution in [0.5, 0.6) is 0 Å². The molecule has 5 heterocycles. The second kappa shape index (κ2) is 7.42. The van der Waals surface area contributed by atoms with E-state index in [2.05, 4.69) is 44.5 Å². The third kappa shape index (κ3) is 3.20. The molecule has 7 nitrogen and oxygen atoms in total. The second-order valence-corrected chi connectivity index (χ2v) is 8.88. The molecule has 0 aromatic carbocycles. The van der Waals surface area contributed by atoms with Gasteiger partial charge in [-0.25, -0.2) is 4.98 Å². The Morgan fingerprint density at radius 2 is 2.28 bits per heavy atom. The van der Waals surface area contributed by atoms with Crippen molar-refractivity contribution in [3.8, 4) is 0 Å². The number of rotatable bonds is 4. The van der Waals surface area contributed by atoms with Crippen LogP contribution < -0.4 is 10.2 Å². The number of hydrogen-bond acceptors (Lipinski definition) is 6. The van der Waals surface area contributed by atoms with E-state index in [1.54, 1.807) is 11.3 Å². The fourth-order valence-electron chi connectivity index (χ4n) is 4.49. The Labute approximate surface area is 173 Å². The molecule has 8 heteroatoms. The first kappa shape index (κ1) is 18.6. The molecule has 0 unspecified atom stereocenters. The SMILES string of the molecule is CCCNC(=O)c1cc2c(s1)CCOC21CCN(c2ccnc3[nH]ncc23)CC1. The van der Waals surface area contributed by atoms with Gasteiger partial charge in [0.2, 0.25) is 0 Å². The maximum atomic E-state index is 12.5. The highest BCUT2D eigenvalue weighted by Gasteiger charge is 2.42. The van der Waals surface area contributed by atoms with Gasteiger partial charge in [0.25, 0.3) is 5.91 Å². The molecule has 2 aliphatic heterocycles. The molecule has 0 saturated carbocycles. The largest absolute Gasteiger partial charge is 0.371 e. The van der Waals surface area contributed by atoms with Crippen molar-refractivity contribution >= 4 is 34.0 Å². The van der Waals surface area contributed by atoms with E-state index in [0.717, 1.165) is 61.3 Å². The lowest BCUT2D eigenvalue weighted by molar-refractivity contribution is -0.0756. The van der Waals surface area contributed by atoms with Gasteiger partial charge >= 0.3 is 0 Å². The van der Waals surface area contributed by atoms with Crippen LogP contribution in [0.3, 0.4) is 0 Å². The van der Waals surface area contributed by atoms with E-state index >= 15 is 0 Å². The number of hydrogen-bond donors (Lipinski definition) is 2. The van der Waals surface area contributed by atoms with E-state index in [9.17, 15) is 4.79 Å². The molecule has 0 bridgehead atoms. The minimum absolute atomic E-state index is 0.0398. The molecule has 0 atom stereocenters. The number of nitrogens with zero attached hydrogens (tertiary/aromatic N) is 3. The number of H-pyrrole nitrogens is 1. The van der Waals surface area contributed by atoms with E-state index in [0.29, 0.717) is 6.54 Å². The molecule has 1 amide bonds. The summed E-state index contributed by atoms with van der Waals surface area (Å²) in [6.45, 7) is 5.31. The molecule has 1 spiro atoms. The lowest BCUT2D eigenvalue weighted by atomic mass is 9.82. The first-order chi connectivity index (χ1) is 14.2. The number of piperidine rings is 1. The summed E-state index contributed by atoms with van der Waals surface area (Å²) in [6, 6.07) is 4.14. The predicted octanol–water partition coefficient (Wildman–Crippen LogP) is 3.23. The van der Waals surface area contributed by atoms with Crippen LogP contribution in [0.25, 0.3) is 11.0 Å². The van der Waals surface area contributed by atoms with Gasteiger partial charge in [-0.3, -0.25) is 9.89 Å². The highest BCUT2D eigenvalue weighted by molar-refractivity contribution is 7.14. The molecular weight excluding hydrogens is 386 g/mol. The van der Waals surface area contributed by atoms with Crippen molar-refractivity contribution in [1.29, 1.82) is 0 Å². The summed E-state index contributed by atoms with van der Waals surface area (Å²) in [4.78, 5) is 21.3. The van der Waals surface area contributed by atoms with Crippen LogP contribution in [0, 0.1) is 0 Å². The summed E-state index contributed by atoms with van der Waals surface area (Å²) in [5, 5.41) is 11.1. The van der Waals surface area contributed by atoms with Crippen molar-refractivity contribution in [2.75, 3.05) is 31.1 Å². The Morgan fingerprint density at radius 1 is 1.41 bits per heavy atom. The lowest BCUT2D eigenvalue weighted by Crippen LogP contribution is -2.46. The van der Waals surface area contributed by atoms with E-state index in [4.69, 9.17) is 4.74 Å². The topological polar surface area (TPSA) is 83.1 Å². The molecule has 152 valence electrons. The van der Waals surface area contributed by atoms with Gasteiger partial charge in [0.1, 0.15) is 0 Å². The Balaban J connectivity index is 1.38. The standard InChI is InChI=1S/C21H25N5O2S/c1-2-7-23-20(27)18-12-15-17(29-18)4-11-28-21(15)5-9-26(10-6-21)16-3-8-22-19-14(16)13-24-25-19/h3,8,12-13H,2,4-7,9-11H2,1H3,(H,23,27)(H,22,24,25). The van der Waals surface area contributed by atoms with Gasteiger partial charge in [0, 0.05) is 37.1 Å². The van der Waals surface area contributed by atoms with E-state index in [1.165, 1.54) is 16.1 Å². The van der Waals surface area contributed by atoms with Gasteiger partial charge in [-0.2, -0.15) is 5.10 Å². The molecule has 29 heavy (non-hydrogen) atoms. The van der Waals surface area contributed by atoms with E-state index in [1.807, 2.05) is 12.4 Å². The van der Waals surface area contributed by atoms with Gasteiger partial charge in [-0.1, -0.05) is 6.92 Å². The van der Waals surface area contributed by atoms with Gasteiger partial charge < -0.3 is 15.0 Å². The van der Waals surface area contributed by atoms with E-state index in [-0.39, 0.29) is 11.5 Å². The summed E-state index contributed by atoms with van der Waals surface area (Å²) in [7, 11) is 0. The number of aromatic amines is 1. The zero-order chi connectivity index (χ0) is 19.8. The third-order valence-corrected chi connectivity index (χ3v) is 7.20. The van der Waals surface area contributed by atoms with Crippen molar-refractivity contribution in [1.82, 2.24) is 20.5 Å². The van der Waals surface area contributed by atoms with Crippen LogP contribution in [0.2, 0.25) is 0 Å². The number of pyridine rings is 1. The zero-order valence-electron chi connectivity index (χ0n) is 16.5. The van der Waals surface area contributed by atoms with Gasteiger partial charge in [-0.15, -0.1) is 11.3 Å². The molecule has 1 saturated heterocycles. The number of nitrogens with one attached hydrogen (secondary N) is 2. The molecule has 0 aliphatic carbocycles. The average molecular weight is 412 g/mol. The number of anilines is 1. The number of fused-ring (bicyclic) bond motifs is 3. The number of carbonyl (C=O) groups is 1. The van der Waals surface area contributed by atoms with Crippen molar-refractivity contribution in [3.05, 3.63) is 39.8 Å². The van der Waals surface area contributed by atoms with Crippen molar-refractivity contribution in [3.63, 3.8) is 0 Å². The Morgan fingerprint density at radius 3 is 3.10 bits per heavy atom. The van der Waals surface area contributed by atoms with E-state index < -0.39 is 0 Å². The molecule has 0 radical (unpaired) electrons. The van der Waals surface area contributed by atoms with Gasteiger partial charge in [-0.05, 0) is 37.0 Å². The Kier molecular flexibility index (Phi) is 4.75. The summed E-state index contributed by atoms with van der Waals surface area (Å²) in [6.07, 6.45) is 7.33. The summed E-state index contributed by atoms with van der Waals surface area (Å²) < 4.78 is 6.38. The number of thiophene rings is 1. The minimum Gasteiger partial charge on any atom is -0.371 e. The van der Waals surface area contributed by atoms with Crippen LogP contribution in [0.15, 0.2) is 24.5 Å². The Hall–Kier alpha value is -2.45. The summed E-state index contributed by atoms with van der Waals surface area (Å²) in [5.41, 5.74) is 2.95. The van der Waals surface area contributed by atoms with Gasteiger partial charge in [0.05, 0.1) is 34.4 Å². The summed E-state index contributed by atoms with van der Waals surface area (Å²) in [5.74, 6) is 0.0398. The molecule has 3 aromatic rings. The third-order valence-electron chi connectivity index (χ3n) is 6.01. The average Bonchev–Trinajstić information content (AvgIpc) is 3.40. The molecule has 2 aliphatic rings. The second-order valence-electron chi connectivity index (χ2n) is 7.75. The van der Waals surface area contributed by atoms with Crippen molar-refractivity contribution in [2.45, 2.75) is 38.2 Å². The zero-order valence-corrected chi connectivity index (χ0v) is 17.3. The summed E-state index contributed by atoms with van der Waals surface area (Å²) >= 11 is 1.64. The smallest absolute Gasteiger partial charge is 0.261 e. The van der Waals surface area contributed by atoms with Crippen LogP contribution in [-0.4, -0.2) is 47.3 Å². The molecule has 5 rings (SSSR count). The molecule has 2 N–H and O–H groups in total. The van der Waals surface area contributed by atoms with Crippen molar-refractivity contribution < 1.29 is 9.53 Å². The quantitative estimate of drug-likeness (QED) is 0.689. The van der Waals surface area contributed by atoms with Gasteiger partial charge in [0.15, 0.2) is 5.65 Å². The fourth-order valence-corrected chi connectivity index (χ4v) is 5.64.